The summed E-state index contributed by atoms with van der Waals surface area (Å²) in [7, 11) is 0. The Hall–Kier alpha value is -2.44. The fourth-order valence-electron chi connectivity index (χ4n) is 1.02. The number of carbonyl (C=O) groups is 1. The summed E-state index contributed by atoms with van der Waals surface area (Å²) < 4.78 is 9.93. The summed E-state index contributed by atoms with van der Waals surface area (Å²) in [6.45, 7) is 0.0742. The minimum absolute atomic E-state index is 0.0584. The lowest BCUT2D eigenvalue weighted by molar-refractivity contribution is 0.0696. The third kappa shape index (κ3) is 2.32. The first-order valence-corrected chi connectivity index (χ1v) is 4.32. The van der Waals surface area contributed by atoms with Crippen LogP contribution in [0.4, 0.5) is 0 Å². The fraction of sp³-hybridized carbons (Fsp3) is 0.111. The van der Waals surface area contributed by atoms with Gasteiger partial charge >= 0.3 is 5.97 Å². The molecule has 0 bridgehead atoms. The third-order valence-corrected chi connectivity index (χ3v) is 1.73. The van der Waals surface area contributed by atoms with Crippen LogP contribution in [0.15, 0.2) is 29.3 Å². The van der Waals surface area contributed by atoms with Gasteiger partial charge in [0.2, 0.25) is 0 Å². The summed E-state index contributed by atoms with van der Waals surface area (Å²) in [6, 6.07) is 1.37. The van der Waals surface area contributed by atoms with Gasteiger partial charge in [0.15, 0.2) is 12.9 Å². The van der Waals surface area contributed by atoms with Crippen LogP contribution < -0.4 is 4.74 Å². The van der Waals surface area contributed by atoms with Crippen LogP contribution in [-0.2, 0) is 6.61 Å². The molecule has 0 saturated heterocycles. The smallest absolute Gasteiger partial charge is 0.337 e. The maximum atomic E-state index is 10.6. The average Bonchev–Trinajstić information content (AvgIpc) is 2.79. The number of hydrogen-bond acceptors (Lipinski definition) is 6. The van der Waals surface area contributed by atoms with Crippen LogP contribution in [0.5, 0.6) is 5.75 Å². The van der Waals surface area contributed by atoms with Gasteiger partial charge in [-0.3, -0.25) is 4.98 Å². The molecule has 16 heavy (non-hydrogen) atoms. The van der Waals surface area contributed by atoms with Gasteiger partial charge in [0.05, 0.1) is 11.8 Å². The van der Waals surface area contributed by atoms with Crippen LogP contribution in [0.1, 0.15) is 16.2 Å². The number of pyridine rings is 1. The Kier molecular flexibility index (Phi) is 2.77. The van der Waals surface area contributed by atoms with Crippen molar-refractivity contribution in [3.63, 3.8) is 0 Å². The molecule has 0 unspecified atom stereocenters. The van der Waals surface area contributed by atoms with Crippen LogP contribution in [0.25, 0.3) is 0 Å². The Morgan fingerprint density at radius 2 is 2.38 bits per heavy atom. The largest absolute Gasteiger partial charge is 0.482 e. The Bertz CT molecular complexity index is 483. The zero-order valence-corrected chi connectivity index (χ0v) is 8.03. The van der Waals surface area contributed by atoms with E-state index >= 15 is 0 Å². The second-order valence-corrected chi connectivity index (χ2v) is 2.84. The van der Waals surface area contributed by atoms with E-state index in [1.807, 2.05) is 0 Å². The number of hydrogen-bond donors (Lipinski definition) is 1. The molecule has 7 heteroatoms. The monoisotopic (exact) mass is 221 g/mol. The Balaban J connectivity index is 2.04. The average molecular weight is 221 g/mol. The number of nitrogens with zero attached hydrogens (tertiary/aromatic N) is 3. The van der Waals surface area contributed by atoms with E-state index in [0.29, 0.717) is 11.6 Å². The van der Waals surface area contributed by atoms with Crippen molar-refractivity contribution in [2.75, 3.05) is 0 Å². The lowest BCUT2D eigenvalue weighted by Gasteiger charge is -2.02. The first kappa shape index (κ1) is 10.1. The maximum Gasteiger partial charge on any atom is 0.337 e. The molecule has 0 aliphatic heterocycles. The van der Waals surface area contributed by atoms with Crippen LogP contribution in [-0.4, -0.2) is 26.2 Å². The van der Waals surface area contributed by atoms with Crippen molar-refractivity contribution in [1.82, 2.24) is 15.1 Å². The highest BCUT2D eigenvalue weighted by Crippen LogP contribution is 2.12. The van der Waals surface area contributed by atoms with E-state index < -0.39 is 5.97 Å². The molecule has 0 spiro atoms. The van der Waals surface area contributed by atoms with E-state index in [-0.39, 0.29) is 12.2 Å². The Morgan fingerprint density at radius 1 is 1.50 bits per heavy atom. The molecule has 0 saturated carbocycles. The van der Waals surface area contributed by atoms with Crippen molar-refractivity contribution < 1.29 is 19.2 Å². The fourth-order valence-corrected chi connectivity index (χ4v) is 1.02. The Labute approximate surface area is 89.7 Å². The third-order valence-electron chi connectivity index (χ3n) is 1.73. The Morgan fingerprint density at radius 3 is 3.06 bits per heavy atom. The van der Waals surface area contributed by atoms with Crippen molar-refractivity contribution in [2.45, 2.75) is 6.61 Å². The second-order valence-electron chi connectivity index (χ2n) is 2.84. The molecule has 2 rings (SSSR count). The van der Waals surface area contributed by atoms with E-state index in [1.54, 1.807) is 0 Å². The molecular weight excluding hydrogens is 214 g/mol. The highest BCUT2D eigenvalue weighted by Gasteiger charge is 2.06. The summed E-state index contributed by atoms with van der Waals surface area (Å²) in [6.07, 6.45) is 3.90. The molecule has 0 amide bonds. The summed E-state index contributed by atoms with van der Waals surface area (Å²) in [4.78, 5) is 18.1. The summed E-state index contributed by atoms with van der Waals surface area (Å²) in [5, 5.41) is 12.1. The van der Waals surface area contributed by atoms with E-state index in [0.717, 1.165) is 0 Å². The number of carboxylic acid groups (broad SMARTS) is 1. The highest BCUT2D eigenvalue weighted by molar-refractivity contribution is 5.87. The number of aromatic nitrogens is 3. The van der Waals surface area contributed by atoms with Crippen LogP contribution in [0, 0.1) is 0 Å². The molecule has 0 radical (unpaired) electrons. The van der Waals surface area contributed by atoms with Gasteiger partial charge in [0.25, 0.3) is 5.89 Å². The number of ether oxygens (including phenoxy) is 1. The van der Waals surface area contributed by atoms with Gasteiger partial charge in [-0.25, -0.2) is 4.79 Å². The van der Waals surface area contributed by atoms with Crippen molar-refractivity contribution in [3.8, 4) is 5.75 Å². The van der Waals surface area contributed by atoms with Gasteiger partial charge in [-0.05, 0) is 6.07 Å². The molecule has 2 aromatic heterocycles. The molecule has 0 atom stereocenters. The molecule has 1 N–H and O–H groups in total. The van der Waals surface area contributed by atoms with E-state index in [4.69, 9.17) is 14.4 Å². The van der Waals surface area contributed by atoms with Crippen molar-refractivity contribution in [1.29, 1.82) is 0 Å². The molecule has 7 nitrogen and oxygen atoms in total. The van der Waals surface area contributed by atoms with Crippen LogP contribution in [0.2, 0.25) is 0 Å². The SMILES string of the molecule is O=C(O)c1cncc(OCc2ncno2)c1. The van der Waals surface area contributed by atoms with Gasteiger partial charge < -0.3 is 14.4 Å². The first-order valence-electron chi connectivity index (χ1n) is 4.32. The quantitative estimate of drug-likeness (QED) is 0.812. The van der Waals surface area contributed by atoms with Gasteiger partial charge in [0.1, 0.15) is 5.75 Å². The molecule has 0 aromatic carbocycles. The van der Waals surface area contributed by atoms with E-state index in [2.05, 4.69) is 15.1 Å². The predicted molar refractivity (Wildman–Crippen MR) is 49.8 cm³/mol. The molecule has 0 aliphatic carbocycles. The zero-order chi connectivity index (χ0) is 11.4. The summed E-state index contributed by atoms with van der Waals surface area (Å²) >= 11 is 0. The topological polar surface area (TPSA) is 98.3 Å². The summed E-state index contributed by atoms with van der Waals surface area (Å²) in [5.41, 5.74) is 0.0584. The lowest BCUT2D eigenvalue weighted by Crippen LogP contribution is -2.00. The number of aromatic carboxylic acids is 1. The summed E-state index contributed by atoms with van der Waals surface area (Å²) in [5.74, 6) is -0.422. The first-order chi connectivity index (χ1) is 7.75. The zero-order valence-electron chi connectivity index (χ0n) is 8.03. The molecule has 0 aliphatic rings. The molecular formula is C9H7N3O4. The lowest BCUT2D eigenvalue weighted by atomic mass is 10.3. The molecule has 0 fully saturated rings. The predicted octanol–water partition coefficient (Wildman–Crippen LogP) is 0.742. The molecule has 2 heterocycles. The number of rotatable bonds is 4. The molecule has 82 valence electrons. The number of carboxylic acids is 1. The van der Waals surface area contributed by atoms with E-state index in [1.165, 1.54) is 24.8 Å². The van der Waals surface area contributed by atoms with E-state index in [9.17, 15) is 4.79 Å². The van der Waals surface area contributed by atoms with Crippen molar-refractivity contribution >= 4 is 5.97 Å². The van der Waals surface area contributed by atoms with Crippen molar-refractivity contribution in [2.24, 2.45) is 0 Å². The standard InChI is InChI=1S/C9H7N3O4/c13-9(14)6-1-7(3-10-2-6)15-4-8-11-5-12-16-8/h1-3,5H,4H2,(H,13,14). The highest BCUT2D eigenvalue weighted by atomic mass is 16.5. The molecule has 2 aromatic rings. The van der Waals surface area contributed by atoms with Gasteiger partial charge in [0, 0.05) is 6.20 Å². The van der Waals surface area contributed by atoms with Gasteiger partial charge in [-0.1, -0.05) is 5.16 Å². The van der Waals surface area contributed by atoms with Crippen LogP contribution >= 0.6 is 0 Å². The van der Waals surface area contributed by atoms with Crippen molar-refractivity contribution in [3.05, 3.63) is 36.2 Å². The normalized spacial score (nSPS) is 10.0. The minimum Gasteiger partial charge on any atom is -0.482 e. The minimum atomic E-state index is -1.06. The second kappa shape index (κ2) is 4.39. The maximum absolute atomic E-state index is 10.6. The van der Waals surface area contributed by atoms with Crippen LogP contribution in [0.3, 0.4) is 0 Å². The van der Waals surface area contributed by atoms with Gasteiger partial charge in [-0.2, -0.15) is 4.98 Å². The van der Waals surface area contributed by atoms with Gasteiger partial charge in [-0.15, -0.1) is 0 Å².